The molecule has 0 fully saturated rings. The standard InChI is InChI=1S/C15H10N2O2S/c16-9-13-7-4-8-15(14(13)10-17)20(18,19)11-12-5-2-1-3-6-12/h1-8H,11H2. The maximum atomic E-state index is 12.4. The molecule has 0 heterocycles. The summed E-state index contributed by atoms with van der Waals surface area (Å²) >= 11 is 0. The van der Waals surface area contributed by atoms with E-state index >= 15 is 0 Å². The van der Waals surface area contributed by atoms with E-state index in [4.69, 9.17) is 10.5 Å². The first-order valence-electron chi connectivity index (χ1n) is 5.78. The summed E-state index contributed by atoms with van der Waals surface area (Å²) in [5, 5.41) is 18.0. The van der Waals surface area contributed by atoms with Crippen molar-refractivity contribution in [1.29, 1.82) is 10.5 Å². The molecule has 0 saturated carbocycles. The minimum atomic E-state index is -3.66. The normalized spacial score (nSPS) is 10.5. The molecule has 4 nitrogen and oxygen atoms in total. The van der Waals surface area contributed by atoms with Crippen LogP contribution in [-0.2, 0) is 15.6 Å². The SMILES string of the molecule is N#Cc1cccc(S(=O)(=O)Cc2ccccc2)c1C#N. The third-order valence-corrected chi connectivity index (χ3v) is 4.52. The van der Waals surface area contributed by atoms with Gasteiger partial charge < -0.3 is 0 Å². The maximum absolute atomic E-state index is 12.4. The fraction of sp³-hybridized carbons (Fsp3) is 0.0667. The zero-order valence-electron chi connectivity index (χ0n) is 10.4. The summed E-state index contributed by atoms with van der Waals surface area (Å²) in [7, 11) is -3.66. The van der Waals surface area contributed by atoms with Gasteiger partial charge in [0.2, 0.25) is 0 Å². The molecular weight excluding hydrogens is 272 g/mol. The van der Waals surface area contributed by atoms with Gasteiger partial charge >= 0.3 is 0 Å². The van der Waals surface area contributed by atoms with Crippen LogP contribution in [0.5, 0.6) is 0 Å². The van der Waals surface area contributed by atoms with Crippen LogP contribution >= 0.6 is 0 Å². The van der Waals surface area contributed by atoms with Crippen LogP contribution in [0.1, 0.15) is 16.7 Å². The van der Waals surface area contributed by atoms with E-state index in [0.717, 1.165) is 0 Å². The van der Waals surface area contributed by atoms with Crippen LogP contribution in [0, 0.1) is 22.7 Å². The van der Waals surface area contributed by atoms with Crippen molar-refractivity contribution >= 4 is 9.84 Å². The van der Waals surface area contributed by atoms with Crippen molar-refractivity contribution in [3.05, 3.63) is 65.2 Å². The molecule has 0 saturated heterocycles. The van der Waals surface area contributed by atoms with Crippen molar-refractivity contribution in [3.8, 4) is 12.1 Å². The minimum absolute atomic E-state index is 0.0710. The minimum Gasteiger partial charge on any atom is -0.223 e. The molecule has 0 N–H and O–H groups in total. The zero-order chi connectivity index (χ0) is 14.6. The third kappa shape index (κ3) is 2.69. The summed E-state index contributed by atoms with van der Waals surface area (Å²) in [4.78, 5) is -0.0945. The third-order valence-electron chi connectivity index (χ3n) is 2.79. The summed E-state index contributed by atoms with van der Waals surface area (Å²) in [5.74, 6) is -0.197. The molecular formula is C15H10N2O2S. The van der Waals surface area contributed by atoms with Crippen molar-refractivity contribution < 1.29 is 8.42 Å². The number of nitriles is 2. The Hall–Kier alpha value is -2.63. The van der Waals surface area contributed by atoms with E-state index in [1.807, 2.05) is 6.07 Å². The second kappa shape index (κ2) is 5.56. The highest BCUT2D eigenvalue weighted by atomic mass is 32.2. The number of sulfone groups is 1. The first-order chi connectivity index (χ1) is 9.58. The van der Waals surface area contributed by atoms with Gasteiger partial charge in [-0.15, -0.1) is 0 Å². The topological polar surface area (TPSA) is 81.7 Å². The van der Waals surface area contributed by atoms with E-state index < -0.39 is 9.84 Å². The van der Waals surface area contributed by atoms with Gasteiger partial charge in [-0.25, -0.2) is 8.42 Å². The van der Waals surface area contributed by atoms with Gasteiger partial charge in [-0.1, -0.05) is 36.4 Å². The predicted molar refractivity (Wildman–Crippen MR) is 73.2 cm³/mol. The molecule has 2 aromatic carbocycles. The molecule has 0 aromatic heterocycles. The molecule has 20 heavy (non-hydrogen) atoms. The Labute approximate surface area is 117 Å². The van der Waals surface area contributed by atoms with E-state index in [1.165, 1.54) is 18.2 Å². The average Bonchev–Trinajstić information content (AvgIpc) is 2.46. The molecule has 0 amide bonds. The van der Waals surface area contributed by atoms with Gasteiger partial charge in [-0.05, 0) is 17.7 Å². The second-order valence-corrected chi connectivity index (χ2v) is 6.10. The molecule has 0 spiro atoms. The van der Waals surface area contributed by atoms with Crippen molar-refractivity contribution in [2.75, 3.05) is 0 Å². The highest BCUT2D eigenvalue weighted by Crippen LogP contribution is 2.22. The molecule has 0 radical (unpaired) electrons. The van der Waals surface area contributed by atoms with Gasteiger partial charge in [0.05, 0.1) is 21.8 Å². The van der Waals surface area contributed by atoms with Gasteiger partial charge in [0.1, 0.15) is 12.1 Å². The van der Waals surface area contributed by atoms with Gasteiger partial charge in [-0.3, -0.25) is 0 Å². The Kier molecular flexibility index (Phi) is 3.84. The number of hydrogen-bond donors (Lipinski definition) is 0. The lowest BCUT2D eigenvalue weighted by molar-refractivity contribution is 0.595. The Bertz CT molecular complexity index is 813. The van der Waals surface area contributed by atoms with E-state index in [1.54, 1.807) is 36.4 Å². The van der Waals surface area contributed by atoms with Crippen LogP contribution in [0.4, 0.5) is 0 Å². The summed E-state index contributed by atoms with van der Waals surface area (Å²) in [6.07, 6.45) is 0. The summed E-state index contributed by atoms with van der Waals surface area (Å²) in [6.45, 7) is 0. The lowest BCUT2D eigenvalue weighted by Gasteiger charge is -2.07. The highest BCUT2D eigenvalue weighted by molar-refractivity contribution is 7.90. The van der Waals surface area contributed by atoms with Crippen molar-refractivity contribution in [3.63, 3.8) is 0 Å². The fourth-order valence-electron chi connectivity index (χ4n) is 1.87. The first-order valence-corrected chi connectivity index (χ1v) is 7.43. The highest BCUT2D eigenvalue weighted by Gasteiger charge is 2.21. The van der Waals surface area contributed by atoms with Crippen LogP contribution in [0.25, 0.3) is 0 Å². The molecule has 0 unspecified atom stereocenters. The van der Waals surface area contributed by atoms with Crippen LogP contribution in [-0.4, -0.2) is 8.42 Å². The average molecular weight is 282 g/mol. The van der Waals surface area contributed by atoms with Gasteiger partial charge in [-0.2, -0.15) is 10.5 Å². The van der Waals surface area contributed by atoms with E-state index in [-0.39, 0.29) is 21.8 Å². The van der Waals surface area contributed by atoms with Crippen molar-refractivity contribution in [2.45, 2.75) is 10.6 Å². The van der Waals surface area contributed by atoms with Gasteiger partial charge in [0.25, 0.3) is 0 Å². The molecule has 5 heteroatoms. The molecule has 0 aliphatic carbocycles. The first kappa shape index (κ1) is 13.8. The van der Waals surface area contributed by atoms with Gasteiger partial charge in [0.15, 0.2) is 9.84 Å². The number of nitrogens with zero attached hydrogens (tertiary/aromatic N) is 2. The van der Waals surface area contributed by atoms with E-state index in [9.17, 15) is 8.42 Å². The lowest BCUT2D eigenvalue weighted by Crippen LogP contribution is -2.08. The van der Waals surface area contributed by atoms with E-state index in [2.05, 4.69) is 0 Å². The fourth-order valence-corrected chi connectivity index (χ4v) is 3.41. The Balaban J connectivity index is 2.52. The Morgan fingerprint density at radius 3 is 2.20 bits per heavy atom. The van der Waals surface area contributed by atoms with Crippen LogP contribution in [0.2, 0.25) is 0 Å². The zero-order valence-corrected chi connectivity index (χ0v) is 11.3. The predicted octanol–water partition coefficient (Wildman–Crippen LogP) is 2.40. The summed E-state index contributed by atoms with van der Waals surface area (Å²) < 4.78 is 24.8. The molecule has 0 atom stereocenters. The van der Waals surface area contributed by atoms with Crippen molar-refractivity contribution in [2.24, 2.45) is 0 Å². The monoisotopic (exact) mass is 282 g/mol. The van der Waals surface area contributed by atoms with Crippen LogP contribution in [0.3, 0.4) is 0 Å². The summed E-state index contributed by atoms with van der Waals surface area (Å²) in [5.41, 5.74) is 0.617. The molecule has 98 valence electrons. The lowest BCUT2D eigenvalue weighted by atomic mass is 10.1. The molecule has 2 rings (SSSR count). The number of hydrogen-bond acceptors (Lipinski definition) is 4. The molecule has 0 bridgehead atoms. The van der Waals surface area contributed by atoms with Crippen LogP contribution in [0.15, 0.2) is 53.4 Å². The Morgan fingerprint density at radius 1 is 0.900 bits per heavy atom. The smallest absolute Gasteiger partial charge is 0.183 e. The quantitative estimate of drug-likeness (QED) is 0.865. The summed E-state index contributed by atoms with van der Waals surface area (Å²) in [6, 6.07) is 16.6. The van der Waals surface area contributed by atoms with Gasteiger partial charge in [0, 0.05) is 0 Å². The molecule has 0 aliphatic rings. The second-order valence-electron chi connectivity index (χ2n) is 4.15. The number of rotatable bonds is 3. The maximum Gasteiger partial charge on any atom is 0.183 e. The Morgan fingerprint density at radius 2 is 1.60 bits per heavy atom. The molecule has 0 aliphatic heterocycles. The van der Waals surface area contributed by atoms with Crippen LogP contribution < -0.4 is 0 Å². The largest absolute Gasteiger partial charge is 0.223 e. The van der Waals surface area contributed by atoms with Crippen molar-refractivity contribution in [1.82, 2.24) is 0 Å². The van der Waals surface area contributed by atoms with E-state index in [0.29, 0.717) is 5.56 Å². The molecule has 2 aromatic rings. The number of benzene rings is 2.